The molecule has 2 heterocycles. The van der Waals surface area contributed by atoms with Crippen LogP contribution in [-0.2, 0) is 17.3 Å². The van der Waals surface area contributed by atoms with E-state index in [0.29, 0.717) is 29.0 Å². The zero-order chi connectivity index (χ0) is 16.6. The zero-order valence-electron chi connectivity index (χ0n) is 13.6. The molecule has 1 fully saturated rings. The average molecular weight is 353 g/mol. The number of hydrogen-bond donors (Lipinski definition) is 0. The highest BCUT2D eigenvalue weighted by atomic mass is 35.5. The molecule has 23 heavy (non-hydrogen) atoms. The van der Waals surface area contributed by atoms with Crippen LogP contribution in [0.2, 0.25) is 5.02 Å². The van der Waals surface area contributed by atoms with Crippen LogP contribution in [-0.4, -0.2) is 37.7 Å². The van der Waals surface area contributed by atoms with Gasteiger partial charge in [-0.25, -0.2) is 4.98 Å². The Balaban J connectivity index is 1.81. The summed E-state index contributed by atoms with van der Waals surface area (Å²) in [6, 6.07) is 7.57. The second-order valence-corrected chi connectivity index (χ2v) is 8.56. The number of nitrogens with zero attached hydrogens (tertiary/aromatic N) is 2. The standard InChI is InChI=1S/C17H21ClN2O2S/c1-12-16(13-4-6-14(18)7-5-13)22-15(19-12)10-20-8-9-23(21)11-17(20,2)3/h4-7H,8-11H2,1-3H3/t23-/m0/s1. The number of hydrogen-bond acceptors (Lipinski definition) is 4. The van der Waals surface area contributed by atoms with Crippen LogP contribution >= 0.6 is 11.6 Å². The molecule has 1 aliphatic heterocycles. The van der Waals surface area contributed by atoms with Crippen LogP contribution < -0.4 is 0 Å². The van der Waals surface area contributed by atoms with E-state index in [1.807, 2.05) is 31.2 Å². The van der Waals surface area contributed by atoms with Crippen LogP contribution in [0.5, 0.6) is 0 Å². The highest BCUT2D eigenvalue weighted by Gasteiger charge is 2.34. The molecule has 1 aromatic heterocycles. The highest BCUT2D eigenvalue weighted by Crippen LogP contribution is 2.28. The van der Waals surface area contributed by atoms with Crippen LogP contribution in [0.3, 0.4) is 0 Å². The summed E-state index contributed by atoms with van der Waals surface area (Å²) in [5.41, 5.74) is 1.75. The van der Waals surface area contributed by atoms with Crippen molar-refractivity contribution >= 4 is 22.4 Å². The van der Waals surface area contributed by atoms with Crippen molar-refractivity contribution in [2.75, 3.05) is 18.1 Å². The van der Waals surface area contributed by atoms with Crippen LogP contribution in [0, 0.1) is 6.92 Å². The van der Waals surface area contributed by atoms with E-state index >= 15 is 0 Å². The Morgan fingerprint density at radius 2 is 2.04 bits per heavy atom. The predicted molar refractivity (Wildman–Crippen MR) is 94.1 cm³/mol. The van der Waals surface area contributed by atoms with Gasteiger partial charge >= 0.3 is 0 Å². The fourth-order valence-electron chi connectivity index (χ4n) is 2.92. The van der Waals surface area contributed by atoms with Crippen molar-refractivity contribution in [1.29, 1.82) is 0 Å². The Morgan fingerprint density at radius 1 is 1.35 bits per heavy atom. The van der Waals surface area contributed by atoms with Crippen molar-refractivity contribution < 1.29 is 8.63 Å². The monoisotopic (exact) mass is 352 g/mol. The van der Waals surface area contributed by atoms with Gasteiger partial charge < -0.3 is 4.42 Å². The molecule has 124 valence electrons. The third-order valence-corrected chi connectivity index (χ3v) is 6.15. The van der Waals surface area contributed by atoms with Crippen molar-refractivity contribution in [3.8, 4) is 11.3 Å². The Kier molecular flexibility index (Phi) is 4.63. The third-order valence-electron chi connectivity index (χ3n) is 4.23. The fraction of sp³-hybridized carbons (Fsp3) is 0.471. The molecular weight excluding hydrogens is 332 g/mol. The fourth-order valence-corrected chi connectivity index (χ4v) is 4.58. The highest BCUT2D eigenvalue weighted by molar-refractivity contribution is 7.85. The molecule has 4 nitrogen and oxygen atoms in total. The maximum Gasteiger partial charge on any atom is 0.209 e. The van der Waals surface area contributed by atoms with E-state index in [-0.39, 0.29) is 5.54 Å². The summed E-state index contributed by atoms with van der Waals surface area (Å²) in [7, 11) is -0.725. The molecule has 0 aliphatic carbocycles. The number of halogens is 1. The van der Waals surface area contributed by atoms with Crippen LogP contribution in [0.4, 0.5) is 0 Å². The summed E-state index contributed by atoms with van der Waals surface area (Å²) in [6.45, 7) is 7.64. The minimum atomic E-state index is -0.725. The van der Waals surface area contributed by atoms with Gasteiger partial charge in [-0.05, 0) is 45.0 Å². The molecule has 1 aromatic carbocycles. The summed E-state index contributed by atoms with van der Waals surface area (Å²) in [4.78, 5) is 6.87. The maximum absolute atomic E-state index is 11.8. The van der Waals surface area contributed by atoms with E-state index in [1.54, 1.807) is 0 Å². The summed E-state index contributed by atoms with van der Waals surface area (Å²) in [6.07, 6.45) is 0. The van der Waals surface area contributed by atoms with E-state index in [0.717, 1.165) is 23.6 Å². The summed E-state index contributed by atoms with van der Waals surface area (Å²) < 4.78 is 17.8. The van der Waals surface area contributed by atoms with Gasteiger partial charge in [0.1, 0.15) is 0 Å². The first-order chi connectivity index (χ1) is 10.8. The molecule has 6 heteroatoms. The average Bonchev–Trinajstić information content (AvgIpc) is 2.83. The molecule has 1 aliphatic rings. The van der Waals surface area contributed by atoms with E-state index in [4.69, 9.17) is 16.0 Å². The molecule has 0 amide bonds. The molecule has 0 saturated carbocycles. The first-order valence-electron chi connectivity index (χ1n) is 7.67. The molecule has 2 aromatic rings. The van der Waals surface area contributed by atoms with Crippen LogP contribution in [0.15, 0.2) is 28.7 Å². The number of benzene rings is 1. The summed E-state index contributed by atoms with van der Waals surface area (Å²) in [5.74, 6) is 2.90. The van der Waals surface area contributed by atoms with Crippen molar-refractivity contribution in [1.82, 2.24) is 9.88 Å². The van der Waals surface area contributed by atoms with Gasteiger partial charge in [-0.2, -0.15) is 0 Å². The van der Waals surface area contributed by atoms with E-state index in [2.05, 4.69) is 23.7 Å². The lowest BCUT2D eigenvalue weighted by Gasteiger charge is -2.41. The number of aryl methyl sites for hydroxylation is 1. The molecule has 0 spiro atoms. The van der Waals surface area contributed by atoms with Gasteiger partial charge in [-0.15, -0.1) is 0 Å². The molecule has 0 N–H and O–H groups in total. The number of rotatable bonds is 3. The molecule has 0 radical (unpaired) electrons. The summed E-state index contributed by atoms with van der Waals surface area (Å²) in [5, 5.41) is 0.703. The zero-order valence-corrected chi connectivity index (χ0v) is 15.2. The van der Waals surface area contributed by atoms with Gasteiger partial charge in [0.15, 0.2) is 5.76 Å². The topological polar surface area (TPSA) is 46.3 Å². The van der Waals surface area contributed by atoms with E-state index in [9.17, 15) is 4.21 Å². The quantitative estimate of drug-likeness (QED) is 0.846. The lowest BCUT2D eigenvalue weighted by atomic mass is 10.1. The molecular formula is C17H21ClN2O2S. The minimum absolute atomic E-state index is 0.105. The molecule has 0 unspecified atom stereocenters. The van der Waals surface area contributed by atoms with Gasteiger partial charge in [0.25, 0.3) is 0 Å². The number of oxazole rings is 1. The first kappa shape index (κ1) is 16.7. The Labute approximate surface area is 144 Å². The van der Waals surface area contributed by atoms with Gasteiger partial charge in [-0.1, -0.05) is 11.6 Å². The first-order valence-corrected chi connectivity index (χ1v) is 9.54. The Hall–Kier alpha value is -1.17. The lowest BCUT2D eigenvalue weighted by Crippen LogP contribution is -2.53. The minimum Gasteiger partial charge on any atom is -0.439 e. The second-order valence-electron chi connectivity index (χ2n) is 6.55. The molecule has 3 rings (SSSR count). The van der Waals surface area contributed by atoms with Crippen molar-refractivity contribution in [3.63, 3.8) is 0 Å². The largest absolute Gasteiger partial charge is 0.439 e. The van der Waals surface area contributed by atoms with Gasteiger partial charge in [0, 0.05) is 45.0 Å². The van der Waals surface area contributed by atoms with Gasteiger partial charge in [-0.3, -0.25) is 9.11 Å². The molecule has 0 bridgehead atoms. The van der Waals surface area contributed by atoms with Gasteiger partial charge in [0.05, 0.1) is 12.2 Å². The third kappa shape index (κ3) is 3.67. The van der Waals surface area contributed by atoms with Crippen molar-refractivity contribution in [3.05, 3.63) is 40.9 Å². The van der Waals surface area contributed by atoms with Crippen molar-refractivity contribution in [2.45, 2.75) is 32.9 Å². The Morgan fingerprint density at radius 3 is 2.70 bits per heavy atom. The maximum atomic E-state index is 11.8. The van der Waals surface area contributed by atoms with E-state index in [1.165, 1.54) is 0 Å². The van der Waals surface area contributed by atoms with Crippen LogP contribution in [0.25, 0.3) is 11.3 Å². The normalized spacial score (nSPS) is 21.5. The Bertz CT molecular complexity index is 725. The molecule has 1 atom stereocenters. The number of aromatic nitrogens is 1. The SMILES string of the molecule is Cc1nc(CN2CC[S@](=O)CC2(C)C)oc1-c1ccc(Cl)cc1. The van der Waals surface area contributed by atoms with Crippen LogP contribution in [0.1, 0.15) is 25.4 Å². The summed E-state index contributed by atoms with van der Waals surface area (Å²) >= 11 is 5.94. The second kappa shape index (κ2) is 6.38. The molecule has 1 saturated heterocycles. The van der Waals surface area contributed by atoms with E-state index < -0.39 is 10.8 Å². The lowest BCUT2D eigenvalue weighted by molar-refractivity contribution is 0.121. The predicted octanol–water partition coefficient (Wildman–Crippen LogP) is 3.65. The smallest absolute Gasteiger partial charge is 0.209 e. The van der Waals surface area contributed by atoms with Gasteiger partial charge in [0.2, 0.25) is 5.89 Å². The van der Waals surface area contributed by atoms with Crippen molar-refractivity contribution in [2.24, 2.45) is 0 Å².